The summed E-state index contributed by atoms with van der Waals surface area (Å²) in [5, 5.41) is 10.7. The fraction of sp³-hybridized carbons (Fsp3) is 0.300. The number of benzene rings is 1. The van der Waals surface area contributed by atoms with Gasteiger partial charge in [0.15, 0.2) is 0 Å². The van der Waals surface area contributed by atoms with Crippen LogP contribution in [0.5, 0.6) is 5.75 Å². The second-order valence-corrected chi connectivity index (χ2v) is 3.38. The van der Waals surface area contributed by atoms with Crippen LogP contribution >= 0.6 is 0 Å². The molecule has 0 fully saturated rings. The van der Waals surface area contributed by atoms with Crippen molar-refractivity contribution < 1.29 is 19.2 Å². The lowest BCUT2D eigenvalue weighted by atomic mass is 10.2. The summed E-state index contributed by atoms with van der Waals surface area (Å²) >= 11 is 0. The van der Waals surface area contributed by atoms with Gasteiger partial charge in [-0.3, -0.25) is 15.0 Å². The summed E-state index contributed by atoms with van der Waals surface area (Å²) < 4.78 is 9.92. The van der Waals surface area contributed by atoms with E-state index in [0.29, 0.717) is 24.6 Å². The Labute approximate surface area is 96.7 Å². The molecule has 0 aliphatic carbocycles. The van der Waals surface area contributed by atoms with Crippen molar-refractivity contribution >= 4 is 17.5 Å². The maximum absolute atomic E-state index is 11.5. The third-order valence-corrected chi connectivity index (χ3v) is 2.41. The number of nitrogens with zero attached hydrogens (tertiary/aromatic N) is 2. The lowest BCUT2D eigenvalue weighted by Gasteiger charge is -2.27. The maximum Gasteiger partial charge on any atom is 0.414 e. The number of ether oxygens (including phenoxy) is 2. The molecule has 2 rings (SSSR count). The molecule has 90 valence electrons. The average molecular weight is 238 g/mol. The van der Waals surface area contributed by atoms with Crippen molar-refractivity contribution in [2.45, 2.75) is 0 Å². The molecule has 1 aromatic carbocycles. The van der Waals surface area contributed by atoms with Crippen LogP contribution in [-0.4, -0.2) is 31.3 Å². The first kappa shape index (κ1) is 11.2. The second kappa shape index (κ2) is 4.28. The molecule has 1 heterocycles. The second-order valence-electron chi connectivity index (χ2n) is 3.38. The van der Waals surface area contributed by atoms with E-state index < -0.39 is 11.0 Å². The molecule has 1 amide bonds. The van der Waals surface area contributed by atoms with Crippen LogP contribution in [0.15, 0.2) is 18.2 Å². The van der Waals surface area contributed by atoms with Crippen LogP contribution < -0.4 is 9.64 Å². The highest BCUT2D eigenvalue weighted by Gasteiger charge is 2.26. The average Bonchev–Trinajstić information content (AvgIpc) is 2.36. The van der Waals surface area contributed by atoms with Crippen molar-refractivity contribution in [3.8, 4) is 5.75 Å². The van der Waals surface area contributed by atoms with E-state index in [1.54, 1.807) is 0 Å². The first-order chi connectivity index (χ1) is 8.13. The number of hydrogen-bond acceptors (Lipinski definition) is 5. The molecule has 0 spiro atoms. The quantitative estimate of drug-likeness (QED) is 0.547. The highest BCUT2D eigenvalue weighted by Crippen LogP contribution is 2.34. The number of methoxy groups -OCH3 is 1. The van der Waals surface area contributed by atoms with Crippen molar-refractivity contribution in [2.24, 2.45) is 0 Å². The van der Waals surface area contributed by atoms with Gasteiger partial charge < -0.3 is 9.47 Å². The van der Waals surface area contributed by atoms with Gasteiger partial charge in [0.05, 0.1) is 24.3 Å². The number of amides is 1. The molecule has 0 unspecified atom stereocenters. The first-order valence-electron chi connectivity index (χ1n) is 4.90. The highest BCUT2D eigenvalue weighted by atomic mass is 16.6. The Balaban J connectivity index is 2.44. The van der Waals surface area contributed by atoms with Crippen molar-refractivity contribution in [3.05, 3.63) is 28.3 Å². The van der Waals surface area contributed by atoms with Crippen LogP contribution in [0.4, 0.5) is 16.2 Å². The van der Waals surface area contributed by atoms with Crippen LogP contribution in [0.3, 0.4) is 0 Å². The van der Waals surface area contributed by atoms with E-state index in [0.717, 1.165) is 0 Å². The van der Waals surface area contributed by atoms with E-state index >= 15 is 0 Å². The lowest BCUT2D eigenvalue weighted by Crippen LogP contribution is -2.37. The number of nitro benzene ring substituents is 1. The summed E-state index contributed by atoms with van der Waals surface area (Å²) in [4.78, 5) is 22.9. The summed E-state index contributed by atoms with van der Waals surface area (Å²) in [5.74, 6) is 0.437. The van der Waals surface area contributed by atoms with Gasteiger partial charge in [0.25, 0.3) is 5.69 Å². The van der Waals surface area contributed by atoms with E-state index in [9.17, 15) is 14.9 Å². The van der Waals surface area contributed by atoms with Gasteiger partial charge in [-0.25, -0.2) is 4.79 Å². The van der Waals surface area contributed by atoms with E-state index in [1.807, 2.05) is 0 Å². The van der Waals surface area contributed by atoms with Crippen LogP contribution in [0, 0.1) is 10.1 Å². The number of rotatable bonds is 1. The van der Waals surface area contributed by atoms with E-state index in [2.05, 4.69) is 4.74 Å². The minimum Gasteiger partial charge on any atom is -0.490 e. The van der Waals surface area contributed by atoms with Gasteiger partial charge in [0, 0.05) is 12.1 Å². The van der Waals surface area contributed by atoms with Crippen molar-refractivity contribution in [2.75, 3.05) is 25.2 Å². The monoisotopic (exact) mass is 238 g/mol. The normalized spacial score (nSPS) is 13.6. The molecule has 7 nitrogen and oxygen atoms in total. The smallest absolute Gasteiger partial charge is 0.414 e. The first-order valence-corrected chi connectivity index (χ1v) is 4.90. The number of nitro groups is 1. The Morgan fingerprint density at radius 2 is 2.35 bits per heavy atom. The van der Waals surface area contributed by atoms with Crippen molar-refractivity contribution in [3.63, 3.8) is 0 Å². The van der Waals surface area contributed by atoms with Gasteiger partial charge in [0.1, 0.15) is 12.4 Å². The summed E-state index contributed by atoms with van der Waals surface area (Å²) in [7, 11) is 1.26. The zero-order valence-corrected chi connectivity index (χ0v) is 9.08. The highest BCUT2D eigenvalue weighted by molar-refractivity contribution is 5.90. The fourth-order valence-electron chi connectivity index (χ4n) is 1.62. The molecule has 0 bridgehead atoms. The molecule has 7 heteroatoms. The Kier molecular flexibility index (Phi) is 2.82. The van der Waals surface area contributed by atoms with Gasteiger partial charge in [-0.1, -0.05) is 0 Å². The Bertz CT molecular complexity index is 474. The van der Waals surface area contributed by atoms with Crippen molar-refractivity contribution in [1.29, 1.82) is 0 Å². The van der Waals surface area contributed by atoms with E-state index in [1.165, 1.54) is 30.2 Å². The van der Waals surface area contributed by atoms with Crippen LogP contribution in [0.2, 0.25) is 0 Å². The molecule has 0 saturated carbocycles. The minimum atomic E-state index is -0.560. The summed E-state index contributed by atoms with van der Waals surface area (Å²) in [6, 6.07) is 4.10. The standard InChI is InChI=1S/C10H10N2O5/c1-16-10(13)11-4-5-17-9-3-2-7(12(14)15)6-8(9)11/h2-3,6H,4-5H2,1H3. The number of anilines is 1. The molecule has 1 aromatic rings. The van der Waals surface area contributed by atoms with Crippen LogP contribution in [0.25, 0.3) is 0 Å². The fourth-order valence-corrected chi connectivity index (χ4v) is 1.62. The van der Waals surface area contributed by atoms with Gasteiger partial charge in [-0.2, -0.15) is 0 Å². The Morgan fingerprint density at radius 3 is 3.00 bits per heavy atom. The summed E-state index contributed by atoms with van der Waals surface area (Å²) in [5.41, 5.74) is 0.264. The molecular weight excluding hydrogens is 228 g/mol. The Morgan fingerprint density at radius 1 is 1.59 bits per heavy atom. The minimum absolute atomic E-state index is 0.0943. The predicted octanol–water partition coefficient (Wildman–Crippen LogP) is 1.56. The topological polar surface area (TPSA) is 81.9 Å². The Hall–Kier alpha value is -2.31. The maximum atomic E-state index is 11.5. The molecule has 17 heavy (non-hydrogen) atoms. The van der Waals surface area contributed by atoms with Gasteiger partial charge in [-0.05, 0) is 6.07 Å². The molecular formula is C10H10N2O5. The van der Waals surface area contributed by atoms with Gasteiger partial charge >= 0.3 is 6.09 Å². The molecule has 1 aliphatic heterocycles. The predicted molar refractivity (Wildman–Crippen MR) is 58.3 cm³/mol. The van der Waals surface area contributed by atoms with Gasteiger partial charge in [-0.15, -0.1) is 0 Å². The zero-order valence-electron chi connectivity index (χ0n) is 9.08. The number of non-ortho nitro benzene ring substituents is 1. The van der Waals surface area contributed by atoms with Crippen LogP contribution in [-0.2, 0) is 4.74 Å². The molecule has 0 aromatic heterocycles. The number of fused-ring (bicyclic) bond motifs is 1. The molecule has 0 N–H and O–H groups in total. The van der Waals surface area contributed by atoms with E-state index in [-0.39, 0.29) is 5.69 Å². The number of carbonyl (C=O) groups excluding carboxylic acids is 1. The largest absolute Gasteiger partial charge is 0.490 e. The third kappa shape index (κ3) is 1.99. The summed E-state index contributed by atoms with van der Waals surface area (Å²) in [6.45, 7) is 0.640. The van der Waals surface area contributed by atoms with E-state index in [4.69, 9.17) is 4.74 Å². The lowest BCUT2D eigenvalue weighted by molar-refractivity contribution is -0.384. The molecule has 0 atom stereocenters. The summed E-state index contributed by atoms with van der Waals surface area (Å²) in [6.07, 6.45) is -0.560. The van der Waals surface area contributed by atoms with Gasteiger partial charge in [0.2, 0.25) is 0 Å². The number of carbonyl (C=O) groups is 1. The van der Waals surface area contributed by atoms with Crippen molar-refractivity contribution in [1.82, 2.24) is 0 Å². The number of hydrogen-bond donors (Lipinski definition) is 0. The third-order valence-electron chi connectivity index (χ3n) is 2.41. The molecule has 1 aliphatic rings. The molecule has 0 radical (unpaired) electrons. The zero-order chi connectivity index (χ0) is 12.4. The van der Waals surface area contributed by atoms with Crippen LogP contribution in [0.1, 0.15) is 0 Å². The molecule has 0 saturated heterocycles. The SMILES string of the molecule is COC(=O)N1CCOc2ccc([N+](=O)[O-])cc21.